The molecular formula is C13H21BrN2. The summed E-state index contributed by atoms with van der Waals surface area (Å²) >= 11 is 3.43. The third-order valence-electron chi connectivity index (χ3n) is 2.00. The zero-order chi connectivity index (χ0) is 12.7. The number of halogens is 1. The predicted molar refractivity (Wildman–Crippen MR) is 75.8 cm³/mol. The molecule has 0 saturated heterocycles. The Morgan fingerprint density at radius 1 is 1.12 bits per heavy atom. The van der Waals surface area contributed by atoms with Crippen molar-refractivity contribution in [3.05, 3.63) is 28.4 Å². The van der Waals surface area contributed by atoms with Crippen LogP contribution >= 0.6 is 15.9 Å². The van der Waals surface area contributed by atoms with Gasteiger partial charge in [0, 0.05) is 16.9 Å². The first-order valence-corrected chi connectivity index (χ1v) is 6.56. The Morgan fingerprint density at radius 2 is 1.69 bits per heavy atom. The minimum atomic E-state index is 1.08. The van der Waals surface area contributed by atoms with Crippen LogP contribution in [0.5, 0.6) is 0 Å². The second-order valence-corrected chi connectivity index (χ2v) is 3.79. The molecule has 3 heteroatoms. The second-order valence-electron chi connectivity index (χ2n) is 2.87. The molecule has 0 amide bonds. The number of fused-ring (bicyclic) bond motifs is 1. The lowest BCUT2D eigenvalue weighted by Crippen LogP contribution is -1.88. The summed E-state index contributed by atoms with van der Waals surface area (Å²) in [7, 11) is 1.96. The van der Waals surface area contributed by atoms with Crippen molar-refractivity contribution in [2.75, 3.05) is 0 Å². The molecule has 0 fully saturated rings. The van der Waals surface area contributed by atoms with Crippen molar-refractivity contribution in [2.45, 2.75) is 34.6 Å². The van der Waals surface area contributed by atoms with Crippen LogP contribution in [-0.4, -0.2) is 9.78 Å². The van der Waals surface area contributed by atoms with Crippen LogP contribution in [0.25, 0.3) is 10.9 Å². The molecule has 0 N–H and O–H groups in total. The maximum atomic E-state index is 4.33. The summed E-state index contributed by atoms with van der Waals surface area (Å²) in [5, 5.41) is 5.55. The van der Waals surface area contributed by atoms with E-state index in [9.17, 15) is 0 Å². The molecule has 0 saturated carbocycles. The Kier molecular flexibility index (Phi) is 7.06. The quantitative estimate of drug-likeness (QED) is 0.686. The highest BCUT2D eigenvalue weighted by Crippen LogP contribution is 2.21. The van der Waals surface area contributed by atoms with Gasteiger partial charge in [-0.3, -0.25) is 4.68 Å². The fourth-order valence-electron chi connectivity index (χ4n) is 1.41. The molecule has 2 aromatic rings. The third kappa shape index (κ3) is 3.34. The smallest absolute Gasteiger partial charge is 0.0693 e. The van der Waals surface area contributed by atoms with Crippen LogP contribution in [0.2, 0.25) is 0 Å². The molecule has 1 heterocycles. The number of hydrogen-bond acceptors (Lipinski definition) is 1. The van der Waals surface area contributed by atoms with Crippen LogP contribution in [0.15, 0.2) is 22.7 Å². The van der Waals surface area contributed by atoms with Gasteiger partial charge >= 0.3 is 0 Å². The standard InChI is InChI=1S/C9H9BrN2.2C2H6/c1-6-8-4-3-7(10)5-9(8)12(2)11-6;2*1-2/h3-5H,1-2H3;2*1-2H3. The molecular weight excluding hydrogens is 264 g/mol. The lowest BCUT2D eigenvalue weighted by Gasteiger charge is -1.93. The van der Waals surface area contributed by atoms with Crippen molar-refractivity contribution in [1.82, 2.24) is 9.78 Å². The van der Waals surface area contributed by atoms with E-state index in [0.717, 1.165) is 10.2 Å². The number of hydrogen-bond donors (Lipinski definition) is 0. The highest BCUT2D eigenvalue weighted by atomic mass is 79.9. The van der Waals surface area contributed by atoms with E-state index in [-0.39, 0.29) is 0 Å². The van der Waals surface area contributed by atoms with Crippen molar-refractivity contribution in [3.63, 3.8) is 0 Å². The van der Waals surface area contributed by atoms with Crippen LogP contribution in [0.3, 0.4) is 0 Å². The van der Waals surface area contributed by atoms with E-state index >= 15 is 0 Å². The Balaban J connectivity index is 0.000000509. The average Bonchev–Trinajstić information content (AvgIpc) is 2.60. The highest BCUT2D eigenvalue weighted by molar-refractivity contribution is 9.10. The molecule has 0 atom stereocenters. The van der Waals surface area contributed by atoms with Gasteiger partial charge in [-0.1, -0.05) is 43.6 Å². The van der Waals surface area contributed by atoms with E-state index < -0.39 is 0 Å². The summed E-state index contributed by atoms with van der Waals surface area (Å²) in [6.07, 6.45) is 0. The fourth-order valence-corrected chi connectivity index (χ4v) is 1.76. The summed E-state index contributed by atoms with van der Waals surface area (Å²) < 4.78 is 2.99. The Bertz CT molecular complexity index is 433. The minimum Gasteiger partial charge on any atom is -0.268 e. The second kappa shape index (κ2) is 7.44. The third-order valence-corrected chi connectivity index (χ3v) is 2.49. The Hall–Kier alpha value is -0.830. The van der Waals surface area contributed by atoms with Crippen molar-refractivity contribution >= 4 is 26.8 Å². The molecule has 0 radical (unpaired) electrons. The highest BCUT2D eigenvalue weighted by Gasteiger charge is 2.03. The van der Waals surface area contributed by atoms with Gasteiger partial charge in [-0.15, -0.1) is 0 Å². The Labute approximate surface area is 107 Å². The zero-order valence-electron chi connectivity index (χ0n) is 11.0. The van der Waals surface area contributed by atoms with Crippen LogP contribution in [0.4, 0.5) is 0 Å². The van der Waals surface area contributed by atoms with Gasteiger partial charge < -0.3 is 0 Å². The molecule has 0 spiro atoms. The van der Waals surface area contributed by atoms with E-state index in [0.29, 0.717) is 0 Å². The molecule has 0 bridgehead atoms. The maximum absolute atomic E-state index is 4.33. The molecule has 2 nitrogen and oxygen atoms in total. The number of rotatable bonds is 0. The van der Waals surface area contributed by atoms with E-state index in [1.807, 2.05) is 52.4 Å². The molecule has 1 aromatic heterocycles. The normalized spacial score (nSPS) is 8.94. The number of benzene rings is 1. The maximum Gasteiger partial charge on any atom is 0.0693 e. The van der Waals surface area contributed by atoms with E-state index in [2.05, 4.69) is 33.2 Å². The summed E-state index contributed by atoms with van der Waals surface area (Å²) in [4.78, 5) is 0. The molecule has 90 valence electrons. The molecule has 1 aromatic carbocycles. The molecule has 0 aliphatic carbocycles. The molecule has 0 aliphatic rings. The van der Waals surface area contributed by atoms with Gasteiger partial charge in [-0.25, -0.2) is 0 Å². The Morgan fingerprint density at radius 3 is 2.25 bits per heavy atom. The van der Waals surface area contributed by atoms with Crippen LogP contribution < -0.4 is 0 Å². The van der Waals surface area contributed by atoms with Gasteiger partial charge in [0.2, 0.25) is 0 Å². The SMILES string of the molecule is CC.CC.Cc1nn(C)c2cc(Br)ccc12. The molecule has 0 unspecified atom stereocenters. The largest absolute Gasteiger partial charge is 0.268 e. The van der Waals surface area contributed by atoms with Gasteiger partial charge in [-0.2, -0.15) is 5.10 Å². The predicted octanol–water partition coefficient (Wildman–Crippen LogP) is 4.70. The first-order chi connectivity index (χ1) is 7.68. The van der Waals surface area contributed by atoms with Crippen molar-refractivity contribution in [3.8, 4) is 0 Å². The first-order valence-electron chi connectivity index (χ1n) is 5.77. The van der Waals surface area contributed by atoms with Gasteiger partial charge in [0.15, 0.2) is 0 Å². The van der Waals surface area contributed by atoms with Crippen LogP contribution in [0.1, 0.15) is 33.4 Å². The topological polar surface area (TPSA) is 17.8 Å². The van der Waals surface area contributed by atoms with E-state index in [1.54, 1.807) is 0 Å². The summed E-state index contributed by atoms with van der Waals surface area (Å²) in [6.45, 7) is 10.0. The zero-order valence-corrected chi connectivity index (χ0v) is 12.6. The first kappa shape index (κ1) is 15.2. The summed E-state index contributed by atoms with van der Waals surface area (Å²) in [5.41, 5.74) is 2.25. The van der Waals surface area contributed by atoms with E-state index in [4.69, 9.17) is 0 Å². The summed E-state index contributed by atoms with van der Waals surface area (Å²) in [5.74, 6) is 0. The van der Waals surface area contributed by atoms with Crippen molar-refractivity contribution < 1.29 is 0 Å². The van der Waals surface area contributed by atoms with Gasteiger partial charge in [-0.05, 0) is 25.1 Å². The molecule has 16 heavy (non-hydrogen) atoms. The molecule has 0 aliphatic heterocycles. The molecule has 2 rings (SSSR count). The van der Waals surface area contributed by atoms with Crippen molar-refractivity contribution in [2.24, 2.45) is 7.05 Å². The van der Waals surface area contributed by atoms with Gasteiger partial charge in [0.1, 0.15) is 0 Å². The lowest BCUT2D eigenvalue weighted by molar-refractivity contribution is 0.783. The summed E-state index contributed by atoms with van der Waals surface area (Å²) in [6, 6.07) is 6.20. The number of aromatic nitrogens is 2. The number of aryl methyl sites for hydroxylation is 2. The average molecular weight is 285 g/mol. The van der Waals surface area contributed by atoms with Crippen LogP contribution in [0, 0.1) is 6.92 Å². The van der Waals surface area contributed by atoms with Gasteiger partial charge in [0.25, 0.3) is 0 Å². The minimum absolute atomic E-state index is 1.08. The number of nitrogens with zero attached hydrogens (tertiary/aromatic N) is 2. The monoisotopic (exact) mass is 284 g/mol. The van der Waals surface area contributed by atoms with Gasteiger partial charge in [0.05, 0.1) is 11.2 Å². The fraction of sp³-hybridized carbons (Fsp3) is 0.462. The van der Waals surface area contributed by atoms with Crippen LogP contribution in [-0.2, 0) is 7.05 Å². The van der Waals surface area contributed by atoms with E-state index in [1.165, 1.54) is 10.9 Å². The van der Waals surface area contributed by atoms with Crippen molar-refractivity contribution in [1.29, 1.82) is 0 Å². The lowest BCUT2D eigenvalue weighted by atomic mass is 10.2.